The number of amides is 1. The Morgan fingerprint density at radius 1 is 1.12 bits per heavy atom. The third-order valence-electron chi connectivity index (χ3n) is 3.81. The summed E-state index contributed by atoms with van der Waals surface area (Å²) >= 11 is 5.80. The van der Waals surface area contributed by atoms with E-state index in [0.29, 0.717) is 11.6 Å². The molecule has 0 N–H and O–H groups in total. The maximum atomic E-state index is 12.2. The van der Waals surface area contributed by atoms with E-state index < -0.39 is 5.97 Å². The molecule has 0 unspecified atom stereocenters. The van der Waals surface area contributed by atoms with Crippen molar-refractivity contribution in [2.75, 3.05) is 18.1 Å². The van der Waals surface area contributed by atoms with Crippen molar-refractivity contribution < 1.29 is 14.3 Å². The maximum Gasteiger partial charge on any atom is 0.331 e. The van der Waals surface area contributed by atoms with E-state index in [1.54, 1.807) is 35.2 Å². The number of para-hydroxylation sites is 1. The fraction of sp³-hybridized carbons (Fsp3) is 0.158. The molecular weight excluding hydrogens is 326 g/mol. The van der Waals surface area contributed by atoms with E-state index in [4.69, 9.17) is 16.3 Å². The van der Waals surface area contributed by atoms with Gasteiger partial charge in [-0.15, -0.1) is 0 Å². The molecule has 2 aromatic carbocycles. The summed E-state index contributed by atoms with van der Waals surface area (Å²) in [4.78, 5) is 25.6. The van der Waals surface area contributed by atoms with E-state index in [1.165, 1.54) is 6.08 Å². The molecule has 0 fully saturated rings. The molecule has 24 heavy (non-hydrogen) atoms. The van der Waals surface area contributed by atoms with Gasteiger partial charge in [0.2, 0.25) is 0 Å². The van der Waals surface area contributed by atoms with Crippen LogP contribution in [0.1, 0.15) is 11.1 Å². The largest absolute Gasteiger partial charge is 0.452 e. The average molecular weight is 342 g/mol. The van der Waals surface area contributed by atoms with Gasteiger partial charge in [-0.25, -0.2) is 4.79 Å². The van der Waals surface area contributed by atoms with Crippen molar-refractivity contribution in [2.45, 2.75) is 6.42 Å². The van der Waals surface area contributed by atoms with Crippen molar-refractivity contribution in [1.82, 2.24) is 0 Å². The smallest absolute Gasteiger partial charge is 0.331 e. The molecule has 0 radical (unpaired) electrons. The zero-order valence-electron chi connectivity index (χ0n) is 12.9. The quantitative estimate of drug-likeness (QED) is 0.631. The summed E-state index contributed by atoms with van der Waals surface area (Å²) in [6, 6.07) is 14.8. The first-order valence-electron chi connectivity index (χ1n) is 7.62. The SMILES string of the molecule is O=C(/C=C/c1ccc(Cl)cc1)OCC(=O)N1CCc2ccccc21. The number of benzene rings is 2. The molecule has 1 aliphatic rings. The highest BCUT2D eigenvalue weighted by atomic mass is 35.5. The number of hydrogen-bond acceptors (Lipinski definition) is 3. The van der Waals surface area contributed by atoms with Gasteiger partial charge in [0, 0.05) is 23.3 Å². The summed E-state index contributed by atoms with van der Waals surface area (Å²) in [5.74, 6) is -0.765. The van der Waals surface area contributed by atoms with Crippen molar-refractivity contribution in [3.63, 3.8) is 0 Å². The third-order valence-corrected chi connectivity index (χ3v) is 4.06. The molecule has 0 bridgehead atoms. The molecule has 5 heteroatoms. The number of fused-ring (bicyclic) bond motifs is 1. The minimum atomic E-state index is -0.550. The van der Waals surface area contributed by atoms with Gasteiger partial charge in [-0.3, -0.25) is 4.79 Å². The number of carbonyl (C=O) groups is 2. The Morgan fingerprint density at radius 2 is 1.88 bits per heavy atom. The van der Waals surface area contributed by atoms with Crippen molar-refractivity contribution in [3.05, 3.63) is 70.8 Å². The Balaban J connectivity index is 1.53. The lowest BCUT2D eigenvalue weighted by Crippen LogP contribution is -2.33. The first kappa shape index (κ1) is 16.3. The molecule has 0 aliphatic carbocycles. The van der Waals surface area contributed by atoms with E-state index in [1.807, 2.05) is 24.3 Å². The van der Waals surface area contributed by atoms with Gasteiger partial charge < -0.3 is 9.64 Å². The first-order chi connectivity index (χ1) is 11.6. The normalized spacial score (nSPS) is 13.1. The van der Waals surface area contributed by atoms with Crippen molar-refractivity contribution in [3.8, 4) is 0 Å². The highest BCUT2D eigenvalue weighted by Gasteiger charge is 2.24. The van der Waals surface area contributed by atoms with Gasteiger partial charge in [-0.05, 0) is 41.8 Å². The Bertz CT molecular complexity index is 783. The van der Waals surface area contributed by atoms with E-state index in [-0.39, 0.29) is 12.5 Å². The molecule has 1 aliphatic heterocycles. The van der Waals surface area contributed by atoms with Gasteiger partial charge in [0.05, 0.1) is 0 Å². The van der Waals surface area contributed by atoms with Crippen LogP contribution in [0.25, 0.3) is 6.08 Å². The third kappa shape index (κ3) is 3.84. The van der Waals surface area contributed by atoms with Crippen LogP contribution in [0.15, 0.2) is 54.6 Å². The Labute approximate surface area is 145 Å². The lowest BCUT2D eigenvalue weighted by atomic mass is 10.2. The molecule has 1 amide bonds. The summed E-state index contributed by atoms with van der Waals surface area (Å²) in [6.45, 7) is 0.356. The highest BCUT2D eigenvalue weighted by molar-refractivity contribution is 6.30. The molecule has 1 heterocycles. The summed E-state index contributed by atoms with van der Waals surface area (Å²) < 4.78 is 5.03. The molecule has 0 aromatic heterocycles. The summed E-state index contributed by atoms with van der Waals surface area (Å²) in [5.41, 5.74) is 2.87. The van der Waals surface area contributed by atoms with E-state index in [0.717, 1.165) is 23.2 Å². The number of esters is 1. The lowest BCUT2D eigenvalue weighted by Gasteiger charge is -2.16. The van der Waals surface area contributed by atoms with Crippen LogP contribution in [0.5, 0.6) is 0 Å². The fourth-order valence-electron chi connectivity index (χ4n) is 2.59. The van der Waals surface area contributed by atoms with Crippen LogP contribution in [0, 0.1) is 0 Å². The second-order valence-electron chi connectivity index (χ2n) is 5.42. The fourth-order valence-corrected chi connectivity index (χ4v) is 2.72. The molecule has 4 nitrogen and oxygen atoms in total. The topological polar surface area (TPSA) is 46.6 Å². The monoisotopic (exact) mass is 341 g/mol. The lowest BCUT2D eigenvalue weighted by molar-refractivity contribution is -0.142. The Hall–Kier alpha value is -2.59. The zero-order valence-corrected chi connectivity index (χ0v) is 13.7. The predicted octanol–water partition coefficient (Wildman–Crippen LogP) is 3.49. The van der Waals surface area contributed by atoms with Gasteiger partial charge >= 0.3 is 5.97 Å². The highest BCUT2D eigenvalue weighted by Crippen LogP contribution is 2.27. The van der Waals surface area contributed by atoms with E-state index >= 15 is 0 Å². The molecule has 3 rings (SSSR count). The number of hydrogen-bond donors (Lipinski definition) is 0. The van der Waals surface area contributed by atoms with Crippen molar-refractivity contribution >= 4 is 35.2 Å². The zero-order chi connectivity index (χ0) is 16.9. The second kappa shape index (κ2) is 7.32. The number of anilines is 1. The summed E-state index contributed by atoms with van der Waals surface area (Å²) in [5, 5.41) is 0.631. The number of nitrogens with zero attached hydrogens (tertiary/aromatic N) is 1. The standard InChI is InChI=1S/C19H16ClNO3/c20-16-8-5-14(6-9-16)7-10-19(23)24-13-18(22)21-12-11-15-3-1-2-4-17(15)21/h1-10H,11-13H2/b10-7+. The molecule has 0 spiro atoms. The van der Waals surface area contributed by atoms with Gasteiger partial charge in [0.25, 0.3) is 5.91 Å². The number of ether oxygens (including phenoxy) is 1. The van der Waals surface area contributed by atoms with E-state index in [2.05, 4.69) is 0 Å². The predicted molar refractivity (Wildman–Crippen MR) is 93.9 cm³/mol. The van der Waals surface area contributed by atoms with Crippen LogP contribution in [0.2, 0.25) is 5.02 Å². The van der Waals surface area contributed by atoms with E-state index in [9.17, 15) is 9.59 Å². The summed E-state index contributed by atoms with van der Waals surface area (Å²) in [6.07, 6.45) is 3.75. The van der Waals surface area contributed by atoms with Gasteiger partial charge in [-0.1, -0.05) is 41.9 Å². The molecule has 0 saturated heterocycles. The molecular formula is C19H16ClNO3. The number of rotatable bonds is 4. The molecule has 0 saturated carbocycles. The van der Waals surface area contributed by atoms with Crippen LogP contribution in [-0.4, -0.2) is 25.0 Å². The van der Waals surface area contributed by atoms with Crippen LogP contribution in [0.4, 0.5) is 5.69 Å². The number of halogens is 1. The Kier molecular flexibility index (Phi) is 4.96. The Morgan fingerprint density at radius 3 is 2.67 bits per heavy atom. The van der Waals surface area contributed by atoms with Crippen LogP contribution in [0.3, 0.4) is 0 Å². The maximum absolute atomic E-state index is 12.2. The van der Waals surface area contributed by atoms with Gasteiger partial charge in [0.1, 0.15) is 0 Å². The minimum Gasteiger partial charge on any atom is -0.452 e. The molecule has 122 valence electrons. The minimum absolute atomic E-state index is 0.215. The summed E-state index contributed by atoms with van der Waals surface area (Å²) in [7, 11) is 0. The van der Waals surface area contributed by atoms with Gasteiger partial charge in [0.15, 0.2) is 6.61 Å². The molecule has 0 atom stereocenters. The average Bonchev–Trinajstić information content (AvgIpc) is 3.03. The molecule has 2 aromatic rings. The van der Waals surface area contributed by atoms with Crippen molar-refractivity contribution in [1.29, 1.82) is 0 Å². The number of carbonyl (C=O) groups excluding carboxylic acids is 2. The van der Waals surface area contributed by atoms with Crippen LogP contribution < -0.4 is 4.90 Å². The van der Waals surface area contributed by atoms with Gasteiger partial charge in [-0.2, -0.15) is 0 Å². The van der Waals surface area contributed by atoms with Crippen LogP contribution in [-0.2, 0) is 20.7 Å². The van der Waals surface area contributed by atoms with Crippen LogP contribution >= 0.6 is 11.6 Å². The first-order valence-corrected chi connectivity index (χ1v) is 8.00. The van der Waals surface area contributed by atoms with Crippen molar-refractivity contribution in [2.24, 2.45) is 0 Å². The second-order valence-corrected chi connectivity index (χ2v) is 5.85.